The summed E-state index contributed by atoms with van der Waals surface area (Å²) in [5.74, 6) is 1.04. The molecule has 0 radical (unpaired) electrons. The Morgan fingerprint density at radius 1 is 1.24 bits per heavy atom. The van der Waals surface area contributed by atoms with Crippen molar-refractivity contribution >= 4 is 5.82 Å². The summed E-state index contributed by atoms with van der Waals surface area (Å²) in [6.07, 6.45) is 2.64. The molecule has 3 rings (SSSR count). The van der Waals surface area contributed by atoms with Crippen molar-refractivity contribution in [1.29, 1.82) is 0 Å². The van der Waals surface area contributed by atoms with Gasteiger partial charge in [0, 0.05) is 36.8 Å². The van der Waals surface area contributed by atoms with E-state index in [2.05, 4.69) is 36.6 Å². The molecule has 0 bridgehead atoms. The second kappa shape index (κ2) is 5.58. The van der Waals surface area contributed by atoms with Gasteiger partial charge in [-0.1, -0.05) is 20.8 Å². The molecular formula is C17H27N3O. The minimum absolute atomic E-state index is 0.00904. The number of nitrogens with zero attached hydrogens (tertiary/aromatic N) is 3. The Bertz CT molecular complexity index is 509. The number of hydrogen-bond acceptors (Lipinski definition) is 4. The zero-order valence-corrected chi connectivity index (χ0v) is 13.5. The topological polar surface area (TPSA) is 39.6 Å². The highest BCUT2D eigenvalue weighted by atomic mass is 16.3. The van der Waals surface area contributed by atoms with Gasteiger partial charge in [-0.05, 0) is 37.1 Å². The third-order valence-corrected chi connectivity index (χ3v) is 4.73. The summed E-state index contributed by atoms with van der Waals surface area (Å²) in [5, 5.41) is 9.55. The summed E-state index contributed by atoms with van der Waals surface area (Å²) >= 11 is 0. The van der Waals surface area contributed by atoms with Crippen LogP contribution in [0.2, 0.25) is 0 Å². The first kappa shape index (κ1) is 14.8. The van der Waals surface area contributed by atoms with E-state index in [-0.39, 0.29) is 12.0 Å². The Morgan fingerprint density at radius 3 is 2.76 bits per heavy atom. The van der Waals surface area contributed by atoms with Crippen LogP contribution in [0.3, 0.4) is 0 Å². The van der Waals surface area contributed by atoms with E-state index in [1.54, 1.807) is 0 Å². The van der Waals surface area contributed by atoms with Crippen molar-refractivity contribution < 1.29 is 5.11 Å². The summed E-state index contributed by atoms with van der Waals surface area (Å²) in [6, 6.07) is 4.78. The minimum Gasteiger partial charge on any atom is -0.392 e. The normalized spacial score (nSPS) is 23.4. The first-order valence-corrected chi connectivity index (χ1v) is 8.08. The summed E-state index contributed by atoms with van der Waals surface area (Å²) in [6.45, 7) is 11.1. The lowest BCUT2D eigenvalue weighted by Crippen LogP contribution is -2.50. The lowest BCUT2D eigenvalue weighted by Gasteiger charge is -2.38. The first-order chi connectivity index (χ1) is 9.97. The number of pyridine rings is 1. The molecule has 2 aliphatic heterocycles. The van der Waals surface area contributed by atoms with Crippen LogP contribution in [0.1, 0.15) is 44.9 Å². The molecule has 21 heavy (non-hydrogen) atoms. The molecule has 2 aliphatic rings. The average molecular weight is 289 g/mol. The van der Waals surface area contributed by atoms with Crippen LogP contribution in [0.4, 0.5) is 5.82 Å². The van der Waals surface area contributed by atoms with Crippen LogP contribution in [-0.2, 0) is 12.0 Å². The zero-order valence-electron chi connectivity index (χ0n) is 13.5. The standard InChI is InChI=1S/C17H27N3O/c1-17(2,3)15-9-13(12-21)10-16(18-15)20-8-7-19-6-4-5-14(19)11-20/h9-10,14,21H,4-8,11-12H2,1-3H3. The van der Waals surface area contributed by atoms with E-state index in [0.29, 0.717) is 6.04 Å². The van der Waals surface area contributed by atoms with Crippen LogP contribution in [0.5, 0.6) is 0 Å². The highest BCUT2D eigenvalue weighted by Gasteiger charge is 2.31. The van der Waals surface area contributed by atoms with E-state index in [0.717, 1.165) is 36.7 Å². The van der Waals surface area contributed by atoms with Crippen molar-refractivity contribution in [3.63, 3.8) is 0 Å². The predicted molar refractivity (Wildman–Crippen MR) is 85.7 cm³/mol. The van der Waals surface area contributed by atoms with Crippen LogP contribution in [0, 0.1) is 0 Å². The highest BCUT2D eigenvalue weighted by molar-refractivity contribution is 5.44. The Hall–Kier alpha value is -1.13. The SMILES string of the molecule is CC(C)(C)c1cc(CO)cc(N2CCN3CCCC3C2)n1. The van der Waals surface area contributed by atoms with Gasteiger partial charge in [0.15, 0.2) is 0 Å². The van der Waals surface area contributed by atoms with Crippen molar-refractivity contribution in [2.75, 3.05) is 31.1 Å². The monoisotopic (exact) mass is 289 g/mol. The van der Waals surface area contributed by atoms with Crippen molar-refractivity contribution in [1.82, 2.24) is 9.88 Å². The third kappa shape index (κ3) is 3.06. The van der Waals surface area contributed by atoms with Gasteiger partial charge in [0.2, 0.25) is 0 Å². The molecule has 0 spiro atoms. The predicted octanol–water partition coefficient (Wildman–Crippen LogP) is 2.16. The maximum atomic E-state index is 9.55. The van der Waals surface area contributed by atoms with Gasteiger partial charge in [-0.15, -0.1) is 0 Å². The first-order valence-electron chi connectivity index (χ1n) is 8.08. The molecule has 0 aliphatic carbocycles. The van der Waals surface area contributed by atoms with Gasteiger partial charge >= 0.3 is 0 Å². The summed E-state index contributed by atoms with van der Waals surface area (Å²) in [4.78, 5) is 9.90. The number of aliphatic hydroxyl groups is 1. The fourth-order valence-electron chi connectivity index (χ4n) is 3.41. The molecule has 0 amide bonds. The molecule has 2 saturated heterocycles. The zero-order chi connectivity index (χ0) is 15.0. The minimum atomic E-state index is 0.00904. The molecule has 3 heterocycles. The Balaban J connectivity index is 1.87. The quantitative estimate of drug-likeness (QED) is 0.905. The van der Waals surface area contributed by atoms with Crippen LogP contribution in [0.25, 0.3) is 0 Å². The van der Waals surface area contributed by atoms with Crippen molar-refractivity contribution in [3.05, 3.63) is 23.4 Å². The largest absolute Gasteiger partial charge is 0.392 e. The van der Waals surface area contributed by atoms with E-state index in [9.17, 15) is 5.11 Å². The van der Waals surface area contributed by atoms with E-state index in [1.807, 2.05) is 6.07 Å². The summed E-state index contributed by atoms with van der Waals surface area (Å²) in [7, 11) is 0. The molecule has 1 aromatic rings. The summed E-state index contributed by atoms with van der Waals surface area (Å²) in [5.41, 5.74) is 2.05. The molecule has 1 unspecified atom stereocenters. The van der Waals surface area contributed by atoms with Gasteiger partial charge in [0.05, 0.1) is 6.61 Å². The number of aromatic nitrogens is 1. The molecule has 0 aromatic carbocycles. The van der Waals surface area contributed by atoms with Crippen molar-refractivity contribution in [3.8, 4) is 0 Å². The second-order valence-corrected chi connectivity index (χ2v) is 7.40. The van der Waals surface area contributed by atoms with Crippen LogP contribution >= 0.6 is 0 Å². The number of rotatable bonds is 2. The van der Waals surface area contributed by atoms with Gasteiger partial charge in [0.1, 0.15) is 5.82 Å². The molecule has 1 atom stereocenters. The molecule has 0 saturated carbocycles. The average Bonchev–Trinajstić information content (AvgIpc) is 2.93. The fourth-order valence-corrected chi connectivity index (χ4v) is 3.41. The third-order valence-electron chi connectivity index (χ3n) is 4.73. The number of piperazine rings is 1. The van der Waals surface area contributed by atoms with Gasteiger partial charge < -0.3 is 10.0 Å². The molecule has 1 N–H and O–H groups in total. The number of aliphatic hydroxyl groups excluding tert-OH is 1. The van der Waals surface area contributed by atoms with Crippen LogP contribution < -0.4 is 4.90 Å². The number of fused-ring (bicyclic) bond motifs is 1. The second-order valence-electron chi connectivity index (χ2n) is 7.40. The number of hydrogen-bond donors (Lipinski definition) is 1. The highest BCUT2D eigenvalue weighted by Crippen LogP contribution is 2.28. The van der Waals surface area contributed by atoms with Crippen LogP contribution in [0.15, 0.2) is 12.1 Å². The summed E-state index contributed by atoms with van der Waals surface area (Å²) < 4.78 is 0. The Kier molecular flexibility index (Phi) is 3.93. The van der Waals surface area contributed by atoms with E-state index >= 15 is 0 Å². The molecule has 1 aromatic heterocycles. The van der Waals surface area contributed by atoms with E-state index in [4.69, 9.17) is 4.98 Å². The fraction of sp³-hybridized carbons (Fsp3) is 0.706. The van der Waals surface area contributed by atoms with Gasteiger partial charge in [0.25, 0.3) is 0 Å². The van der Waals surface area contributed by atoms with Crippen LogP contribution in [-0.4, -0.2) is 47.2 Å². The van der Waals surface area contributed by atoms with Crippen molar-refractivity contribution in [2.45, 2.75) is 51.7 Å². The molecular weight excluding hydrogens is 262 g/mol. The number of anilines is 1. The molecule has 4 heteroatoms. The maximum absolute atomic E-state index is 9.55. The van der Waals surface area contributed by atoms with E-state index in [1.165, 1.54) is 19.4 Å². The molecule has 116 valence electrons. The Labute approximate surface area is 127 Å². The molecule has 2 fully saturated rings. The van der Waals surface area contributed by atoms with Gasteiger partial charge in [-0.3, -0.25) is 4.90 Å². The van der Waals surface area contributed by atoms with Gasteiger partial charge in [-0.25, -0.2) is 4.98 Å². The van der Waals surface area contributed by atoms with E-state index < -0.39 is 0 Å². The lowest BCUT2D eigenvalue weighted by molar-refractivity contribution is 0.230. The molecule has 4 nitrogen and oxygen atoms in total. The van der Waals surface area contributed by atoms with Gasteiger partial charge in [-0.2, -0.15) is 0 Å². The maximum Gasteiger partial charge on any atom is 0.129 e. The lowest BCUT2D eigenvalue weighted by atomic mass is 9.90. The van der Waals surface area contributed by atoms with Crippen molar-refractivity contribution in [2.24, 2.45) is 0 Å². The Morgan fingerprint density at radius 2 is 2.05 bits per heavy atom. The smallest absolute Gasteiger partial charge is 0.129 e.